The van der Waals surface area contributed by atoms with Crippen molar-refractivity contribution in [3.63, 3.8) is 0 Å². The van der Waals surface area contributed by atoms with Crippen molar-refractivity contribution in [1.29, 1.82) is 0 Å². The van der Waals surface area contributed by atoms with E-state index in [0.29, 0.717) is 23.7 Å². The van der Waals surface area contributed by atoms with Gasteiger partial charge in [-0.15, -0.1) is 11.6 Å². The Morgan fingerprint density at radius 1 is 1.57 bits per heavy atom. The molecule has 0 aromatic carbocycles. The number of carbonyl (C=O) groups is 1. The molecule has 74 valence electrons. The molecule has 0 spiro atoms. The van der Waals surface area contributed by atoms with E-state index in [1.54, 1.807) is 23.4 Å². The van der Waals surface area contributed by atoms with E-state index < -0.39 is 0 Å². The lowest BCUT2D eigenvalue weighted by molar-refractivity contribution is -0.117. The molecule has 1 aliphatic rings. The van der Waals surface area contributed by atoms with Crippen LogP contribution in [-0.2, 0) is 4.79 Å². The Morgan fingerprint density at radius 2 is 2.36 bits per heavy atom. The summed E-state index contributed by atoms with van der Waals surface area (Å²) in [5.41, 5.74) is 0.641. The molecule has 2 rings (SSSR count). The molecule has 1 saturated heterocycles. The summed E-state index contributed by atoms with van der Waals surface area (Å²) in [6, 6.07) is 1.66. The minimum Gasteiger partial charge on any atom is -0.308 e. The fourth-order valence-electron chi connectivity index (χ4n) is 1.46. The van der Waals surface area contributed by atoms with E-state index >= 15 is 0 Å². The van der Waals surface area contributed by atoms with E-state index in [4.69, 9.17) is 23.2 Å². The molecule has 0 aliphatic carbocycles. The van der Waals surface area contributed by atoms with Crippen LogP contribution in [0.25, 0.3) is 0 Å². The molecule has 1 aliphatic heterocycles. The summed E-state index contributed by atoms with van der Waals surface area (Å²) < 4.78 is 0. The molecule has 2 heterocycles. The van der Waals surface area contributed by atoms with E-state index in [9.17, 15) is 4.79 Å². The first-order chi connectivity index (χ1) is 6.68. The summed E-state index contributed by atoms with van der Waals surface area (Å²) in [4.78, 5) is 17.0. The molecule has 0 bridgehead atoms. The lowest BCUT2D eigenvalue weighted by Gasteiger charge is -2.16. The molecule has 0 radical (unpaired) electrons. The van der Waals surface area contributed by atoms with Crippen molar-refractivity contribution >= 4 is 34.8 Å². The van der Waals surface area contributed by atoms with Crippen LogP contribution in [0.5, 0.6) is 0 Å². The smallest absolute Gasteiger partial charge is 0.228 e. The van der Waals surface area contributed by atoms with Crippen LogP contribution >= 0.6 is 23.2 Å². The monoisotopic (exact) mass is 230 g/mol. The second-order valence-electron chi connectivity index (χ2n) is 3.13. The molecule has 0 N–H and O–H groups in total. The number of carbonyl (C=O) groups excluding carboxylic acids is 1. The number of amides is 1. The highest BCUT2D eigenvalue weighted by Gasteiger charge is 2.30. The third kappa shape index (κ3) is 1.70. The third-order valence-electron chi connectivity index (χ3n) is 2.12. The van der Waals surface area contributed by atoms with E-state index in [0.717, 1.165) is 0 Å². The van der Waals surface area contributed by atoms with Gasteiger partial charge in [0.15, 0.2) is 0 Å². The Bertz CT molecular complexity index is 370. The van der Waals surface area contributed by atoms with Gasteiger partial charge in [0, 0.05) is 19.2 Å². The van der Waals surface area contributed by atoms with Gasteiger partial charge in [-0.2, -0.15) is 0 Å². The first-order valence-corrected chi connectivity index (χ1v) is 5.04. The predicted molar refractivity (Wildman–Crippen MR) is 55.9 cm³/mol. The van der Waals surface area contributed by atoms with Crippen molar-refractivity contribution in [1.82, 2.24) is 4.98 Å². The van der Waals surface area contributed by atoms with Crippen LogP contribution in [0, 0.1) is 0 Å². The SMILES string of the molecule is O=C1CC(Cl)CN1c1cnccc1Cl. The van der Waals surface area contributed by atoms with Crippen molar-refractivity contribution in [3.05, 3.63) is 23.5 Å². The van der Waals surface area contributed by atoms with Crippen molar-refractivity contribution in [2.75, 3.05) is 11.4 Å². The first-order valence-electron chi connectivity index (χ1n) is 4.22. The quantitative estimate of drug-likeness (QED) is 0.693. The average Bonchev–Trinajstić information content (AvgIpc) is 2.46. The van der Waals surface area contributed by atoms with E-state index in [1.165, 1.54) is 0 Å². The van der Waals surface area contributed by atoms with Crippen LogP contribution in [0.3, 0.4) is 0 Å². The van der Waals surface area contributed by atoms with Crippen LogP contribution in [0.4, 0.5) is 5.69 Å². The largest absolute Gasteiger partial charge is 0.308 e. The molecule has 0 saturated carbocycles. The average molecular weight is 231 g/mol. The molecule has 1 unspecified atom stereocenters. The lowest BCUT2D eigenvalue weighted by Crippen LogP contribution is -2.24. The second kappa shape index (κ2) is 3.75. The number of anilines is 1. The van der Waals surface area contributed by atoms with Gasteiger partial charge in [0.25, 0.3) is 0 Å². The minimum atomic E-state index is -0.126. The molecule has 14 heavy (non-hydrogen) atoms. The second-order valence-corrected chi connectivity index (χ2v) is 4.16. The first kappa shape index (κ1) is 9.74. The van der Waals surface area contributed by atoms with Gasteiger partial charge >= 0.3 is 0 Å². The molecule has 1 amide bonds. The highest BCUT2D eigenvalue weighted by atomic mass is 35.5. The van der Waals surface area contributed by atoms with Gasteiger partial charge in [0.1, 0.15) is 0 Å². The summed E-state index contributed by atoms with van der Waals surface area (Å²) >= 11 is 11.8. The number of nitrogens with zero attached hydrogens (tertiary/aromatic N) is 2. The molecule has 1 aromatic heterocycles. The zero-order valence-corrected chi connectivity index (χ0v) is 8.79. The van der Waals surface area contributed by atoms with Crippen LogP contribution in [-0.4, -0.2) is 22.8 Å². The zero-order valence-electron chi connectivity index (χ0n) is 7.28. The van der Waals surface area contributed by atoms with Crippen LogP contribution in [0.1, 0.15) is 6.42 Å². The summed E-state index contributed by atoms with van der Waals surface area (Å²) in [5, 5.41) is 0.401. The standard InChI is InChI=1S/C9H8Cl2N2O/c10-6-3-9(14)13(5-6)8-4-12-2-1-7(8)11/h1-2,4,6H,3,5H2. The summed E-state index contributed by atoms with van der Waals surface area (Å²) in [6.07, 6.45) is 3.53. The van der Waals surface area contributed by atoms with Crippen LogP contribution < -0.4 is 4.90 Å². The number of hydrogen-bond donors (Lipinski definition) is 0. The Kier molecular flexibility index (Phi) is 2.61. The predicted octanol–water partition coefficient (Wildman–Crippen LogP) is 2.08. The number of halogens is 2. The maximum Gasteiger partial charge on any atom is 0.228 e. The number of hydrogen-bond acceptors (Lipinski definition) is 2. The number of pyridine rings is 1. The fraction of sp³-hybridized carbons (Fsp3) is 0.333. The molecule has 1 atom stereocenters. The van der Waals surface area contributed by atoms with Gasteiger partial charge in [0.05, 0.1) is 22.3 Å². The molecule has 1 aromatic rings. The normalized spacial score (nSPS) is 21.7. The van der Waals surface area contributed by atoms with Gasteiger partial charge < -0.3 is 4.90 Å². The van der Waals surface area contributed by atoms with Gasteiger partial charge in [-0.3, -0.25) is 9.78 Å². The Hall–Kier alpha value is -0.800. The summed E-state index contributed by atoms with van der Waals surface area (Å²) in [7, 11) is 0. The zero-order chi connectivity index (χ0) is 10.1. The molecule has 5 heteroatoms. The lowest BCUT2D eigenvalue weighted by atomic mass is 10.4. The summed E-state index contributed by atoms with van der Waals surface area (Å²) in [6.45, 7) is 0.506. The summed E-state index contributed by atoms with van der Waals surface area (Å²) in [5.74, 6) is -0.0000926. The Morgan fingerprint density at radius 3 is 2.93 bits per heavy atom. The van der Waals surface area contributed by atoms with E-state index in [2.05, 4.69) is 4.98 Å². The van der Waals surface area contributed by atoms with Crippen molar-refractivity contribution in [3.8, 4) is 0 Å². The molecule has 3 nitrogen and oxygen atoms in total. The third-order valence-corrected chi connectivity index (χ3v) is 2.73. The van der Waals surface area contributed by atoms with E-state index in [1.807, 2.05) is 0 Å². The maximum atomic E-state index is 11.5. The molecular formula is C9H8Cl2N2O. The Labute approximate surface area is 91.6 Å². The molecular weight excluding hydrogens is 223 g/mol. The van der Waals surface area contributed by atoms with E-state index in [-0.39, 0.29) is 11.3 Å². The number of alkyl halides is 1. The van der Waals surface area contributed by atoms with Crippen LogP contribution in [0.15, 0.2) is 18.5 Å². The maximum absolute atomic E-state index is 11.5. The minimum absolute atomic E-state index is 0.0000926. The van der Waals surface area contributed by atoms with Crippen LogP contribution in [0.2, 0.25) is 5.02 Å². The fourth-order valence-corrected chi connectivity index (χ4v) is 1.94. The van der Waals surface area contributed by atoms with Gasteiger partial charge in [-0.1, -0.05) is 11.6 Å². The highest BCUT2D eigenvalue weighted by molar-refractivity contribution is 6.34. The topological polar surface area (TPSA) is 33.2 Å². The molecule has 1 fully saturated rings. The van der Waals surface area contributed by atoms with Gasteiger partial charge in [0.2, 0.25) is 5.91 Å². The van der Waals surface area contributed by atoms with Crippen molar-refractivity contribution < 1.29 is 4.79 Å². The Balaban J connectivity index is 2.32. The van der Waals surface area contributed by atoms with Gasteiger partial charge in [-0.05, 0) is 6.07 Å². The number of rotatable bonds is 1. The van der Waals surface area contributed by atoms with Crippen molar-refractivity contribution in [2.24, 2.45) is 0 Å². The van der Waals surface area contributed by atoms with Gasteiger partial charge in [-0.25, -0.2) is 0 Å². The van der Waals surface area contributed by atoms with Crippen molar-refractivity contribution in [2.45, 2.75) is 11.8 Å². The number of aromatic nitrogens is 1. The highest BCUT2D eigenvalue weighted by Crippen LogP contribution is 2.29.